The van der Waals surface area contributed by atoms with E-state index in [1.807, 2.05) is 23.1 Å². The van der Waals surface area contributed by atoms with Crippen LogP contribution in [0.15, 0.2) is 18.2 Å². The number of hydrogen-bond donors (Lipinski definition) is 0. The first kappa shape index (κ1) is 22.4. The van der Waals surface area contributed by atoms with E-state index >= 15 is 0 Å². The Balaban J connectivity index is 1.33. The van der Waals surface area contributed by atoms with Crippen LogP contribution >= 0.6 is 0 Å². The number of carbonyl (C=O) groups excluding carboxylic acids is 1. The molecule has 3 aromatic rings. The average molecular weight is 475 g/mol. The van der Waals surface area contributed by atoms with E-state index in [2.05, 4.69) is 15.1 Å². The number of halogens is 3. The van der Waals surface area contributed by atoms with E-state index in [4.69, 9.17) is 9.47 Å². The van der Waals surface area contributed by atoms with E-state index in [0.29, 0.717) is 54.6 Å². The lowest BCUT2D eigenvalue weighted by Crippen LogP contribution is -2.31. The minimum absolute atomic E-state index is 0.00847. The van der Waals surface area contributed by atoms with Gasteiger partial charge in [-0.2, -0.15) is 18.2 Å². The van der Waals surface area contributed by atoms with Crippen molar-refractivity contribution in [3.8, 4) is 11.5 Å². The number of fused-ring (bicyclic) bond motifs is 2. The molecule has 5 rings (SSSR count). The van der Waals surface area contributed by atoms with Crippen molar-refractivity contribution in [3.63, 3.8) is 0 Å². The molecular weight excluding hydrogens is 451 g/mol. The second kappa shape index (κ2) is 8.44. The molecule has 2 aliphatic rings. The molecule has 1 amide bonds. The second-order valence-electron chi connectivity index (χ2n) is 8.55. The van der Waals surface area contributed by atoms with Gasteiger partial charge >= 0.3 is 6.18 Å². The number of aromatic nitrogens is 4. The lowest BCUT2D eigenvalue weighted by atomic mass is 10.0. The van der Waals surface area contributed by atoms with Crippen LogP contribution in [0.1, 0.15) is 53.6 Å². The number of amides is 1. The first-order valence-electron chi connectivity index (χ1n) is 11.2. The fourth-order valence-electron chi connectivity index (χ4n) is 4.74. The van der Waals surface area contributed by atoms with Gasteiger partial charge in [-0.3, -0.25) is 4.79 Å². The summed E-state index contributed by atoms with van der Waals surface area (Å²) in [4.78, 5) is 22.7. The van der Waals surface area contributed by atoms with Gasteiger partial charge in [0.1, 0.15) is 13.2 Å². The van der Waals surface area contributed by atoms with E-state index in [9.17, 15) is 18.0 Å². The predicted molar refractivity (Wildman–Crippen MR) is 115 cm³/mol. The van der Waals surface area contributed by atoms with Crippen LogP contribution in [0.2, 0.25) is 0 Å². The lowest BCUT2D eigenvalue weighted by molar-refractivity contribution is -0.144. The largest absolute Gasteiger partial charge is 0.486 e. The first-order chi connectivity index (χ1) is 16.2. The minimum atomic E-state index is -4.65. The van der Waals surface area contributed by atoms with Crippen LogP contribution in [0, 0.1) is 13.8 Å². The molecule has 0 radical (unpaired) electrons. The Bertz CT molecular complexity index is 1260. The molecular formula is C23H24F3N5O3. The van der Waals surface area contributed by atoms with E-state index in [-0.39, 0.29) is 24.1 Å². The molecule has 0 aliphatic carbocycles. The summed E-state index contributed by atoms with van der Waals surface area (Å²) in [6.07, 6.45) is -2.32. The highest BCUT2D eigenvalue weighted by molar-refractivity contribution is 5.77. The molecule has 0 unspecified atom stereocenters. The van der Waals surface area contributed by atoms with Crippen molar-refractivity contribution < 1.29 is 27.4 Å². The van der Waals surface area contributed by atoms with Crippen molar-refractivity contribution in [2.75, 3.05) is 19.8 Å². The second-order valence-corrected chi connectivity index (χ2v) is 8.55. The van der Waals surface area contributed by atoms with Crippen molar-refractivity contribution in [1.29, 1.82) is 0 Å². The van der Waals surface area contributed by atoms with Crippen LogP contribution in [0.4, 0.5) is 13.2 Å². The molecule has 180 valence electrons. The Morgan fingerprint density at radius 2 is 1.91 bits per heavy atom. The Morgan fingerprint density at radius 3 is 2.68 bits per heavy atom. The molecule has 11 heteroatoms. The lowest BCUT2D eigenvalue weighted by Gasteiger charge is -2.27. The van der Waals surface area contributed by atoms with E-state index in [0.717, 1.165) is 22.9 Å². The van der Waals surface area contributed by atoms with Gasteiger partial charge in [-0.1, -0.05) is 6.07 Å². The highest BCUT2D eigenvalue weighted by Gasteiger charge is 2.37. The standard InChI is InChI=1S/C23H24F3N5O3/c1-13-16(14(2)31-22(27-13)28-21(29-31)23(24,25)26)6-8-20(32)30-9-3-4-17(30)15-5-7-18-19(12-15)34-11-10-33-18/h5,7,12,17H,3-4,6,8-11H2,1-2H3/t17-/m1/s1. The SMILES string of the molecule is Cc1nc2nc(C(F)(F)F)nn2c(C)c1CCC(=O)N1CCC[C@@H]1c1ccc2c(c1)OCCO2. The molecule has 2 aromatic heterocycles. The number of nitrogens with zero attached hydrogens (tertiary/aromatic N) is 5. The van der Waals surface area contributed by atoms with Gasteiger partial charge in [-0.25, -0.2) is 9.50 Å². The molecule has 8 nitrogen and oxygen atoms in total. The van der Waals surface area contributed by atoms with Crippen molar-refractivity contribution in [2.24, 2.45) is 0 Å². The number of aryl methyl sites for hydroxylation is 2. The molecule has 1 saturated heterocycles. The third-order valence-corrected chi connectivity index (χ3v) is 6.42. The fourth-order valence-corrected chi connectivity index (χ4v) is 4.74. The maximum Gasteiger partial charge on any atom is 0.453 e. The quantitative estimate of drug-likeness (QED) is 0.571. The molecule has 0 spiro atoms. The average Bonchev–Trinajstić information content (AvgIpc) is 3.46. The van der Waals surface area contributed by atoms with Crippen molar-refractivity contribution in [3.05, 3.63) is 46.5 Å². The molecule has 1 atom stereocenters. The van der Waals surface area contributed by atoms with Crippen molar-refractivity contribution in [2.45, 2.75) is 51.7 Å². The van der Waals surface area contributed by atoms with Crippen LogP contribution in [0.3, 0.4) is 0 Å². The zero-order valence-electron chi connectivity index (χ0n) is 18.9. The van der Waals surface area contributed by atoms with Crippen LogP contribution in [-0.4, -0.2) is 50.1 Å². The van der Waals surface area contributed by atoms with Crippen LogP contribution in [-0.2, 0) is 17.4 Å². The van der Waals surface area contributed by atoms with E-state index in [1.54, 1.807) is 13.8 Å². The number of alkyl halides is 3. The van der Waals surface area contributed by atoms with Gasteiger partial charge in [-0.15, -0.1) is 5.10 Å². The predicted octanol–water partition coefficient (Wildman–Crippen LogP) is 3.83. The molecule has 1 fully saturated rings. The van der Waals surface area contributed by atoms with E-state index < -0.39 is 12.0 Å². The molecule has 1 aromatic carbocycles. The van der Waals surface area contributed by atoms with Crippen LogP contribution in [0.25, 0.3) is 5.78 Å². The van der Waals surface area contributed by atoms with Gasteiger partial charge in [0.2, 0.25) is 5.91 Å². The third kappa shape index (κ3) is 4.03. The summed E-state index contributed by atoms with van der Waals surface area (Å²) in [5.74, 6) is 0.0674. The van der Waals surface area contributed by atoms with Gasteiger partial charge in [0, 0.05) is 24.4 Å². The number of ether oxygens (including phenoxy) is 2. The number of benzene rings is 1. The summed E-state index contributed by atoms with van der Waals surface area (Å²) in [5.41, 5.74) is 2.76. The Morgan fingerprint density at radius 1 is 1.15 bits per heavy atom. The Labute approximate surface area is 193 Å². The smallest absolute Gasteiger partial charge is 0.453 e. The topological polar surface area (TPSA) is 81.9 Å². The fraction of sp³-hybridized carbons (Fsp3) is 0.478. The van der Waals surface area contributed by atoms with Crippen LogP contribution in [0.5, 0.6) is 11.5 Å². The normalized spacial score (nSPS) is 18.0. The molecule has 0 bridgehead atoms. The van der Waals surface area contributed by atoms with Gasteiger partial charge in [-0.05, 0) is 56.4 Å². The summed E-state index contributed by atoms with van der Waals surface area (Å²) in [7, 11) is 0. The van der Waals surface area contributed by atoms with Gasteiger partial charge < -0.3 is 14.4 Å². The van der Waals surface area contributed by atoms with Crippen molar-refractivity contribution >= 4 is 11.7 Å². The van der Waals surface area contributed by atoms with E-state index in [1.165, 1.54) is 0 Å². The highest BCUT2D eigenvalue weighted by Crippen LogP contribution is 2.38. The van der Waals surface area contributed by atoms with Crippen LogP contribution < -0.4 is 9.47 Å². The number of hydrogen-bond acceptors (Lipinski definition) is 6. The molecule has 4 heterocycles. The Hall–Kier alpha value is -3.37. The number of carbonyl (C=O) groups is 1. The zero-order valence-corrected chi connectivity index (χ0v) is 18.9. The molecule has 34 heavy (non-hydrogen) atoms. The summed E-state index contributed by atoms with van der Waals surface area (Å²) < 4.78 is 51.5. The van der Waals surface area contributed by atoms with Gasteiger partial charge in [0.15, 0.2) is 11.5 Å². The maximum atomic E-state index is 13.2. The number of likely N-dealkylation sites (tertiary alicyclic amines) is 1. The maximum absolute atomic E-state index is 13.2. The molecule has 2 aliphatic heterocycles. The summed E-state index contributed by atoms with van der Waals surface area (Å²) in [6.45, 7) is 5.06. The highest BCUT2D eigenvalue weighted by atomic mass is 19.4. The first-order valence-corrected chi connectivity index (χ1v) is 11.2. The van der Waals surface area contributed by atoms with Gasteiger partial charge in [0.25, 0.3) is 11.6 Å². The minimum Gasteiger partial charge on any atom is -0.486 e. The summed E-state index contributed by atoms with van der Waals surface area (Å²) in [6, 6.07) is 5.75. The van der Waals surface area contributed by atoms with Gasteiger partial charge in [0.05, 0.1) is 6.04 Å². The summed E-state index contributed by atoms with van der Waals surface area (Å²) >= 11 is 0. The molecule has 0 saturated carbocycles. The zero-order chi connectivity index (χ0) is 24.0. The monoisotopic (exact) mass is 475 g/mol. The third-order valence-electron chi connectivity index (χ3n) is 6.42. The summed E-state index contributed by atoms with van der Waals surface area (Å²) in [5, 5.41) is 3.58. The van der Waals surface area contributed by atoms with Crippen molar-refractivity contribution in [1.82, 2.24) is 24.5 Å². The molecule has 0 N–H and O–H groups in total. The number of rotatable bonds is 4. The Kier molecular flexibility index (Phi) is 5.57.